The van der Waals surface area contributed by atoms with Crippen molar-refractivity contribution in [3.05, 3.63) is 118 Å². The van der Waals surface area contributed by atoms with Gasteiger partial charge in [-0.1, -0.05) is 96.0 Å². The summed E-state index contributed by atoms with van der Waals surface area (Å²) in [6.07, 6.45) is 0. The van der Waals surface area contributed by atoms with E-state index in [4.69, 9.17) is 40.4 Å². The lowest BCUT2D eigenvalue weighted by molar-refractivity contribution is -0.120. The molecule has 0 bridgehead atoms. The molecule has 5 aromatic rings. The number of benzene rings is 4. The van der Waals surface area contributed by atoms with Gasteiger partial charge in [0.15, 0.2) is 5.11 Å². The Morgan fingerprint density at radius 3 is 2.11 bits per heavy atom. The molecular weight excluding hydrogens is 529 g/mol. The molecule has 0 aliphatic heterocycles. The lowest BCUT2D eigenvalue weighted by atomic mass is 9.90. The Kier molecular flexibility index (Phi) is 7.30. The SMILES string of the molecule is O=C(NC(=S)Nc1c(Cl)cc(Cl)cc1-c1nc2ccccc2s1)C(c1ccccc1)c1ccccc1. The first-order valence-electron chi connectivity index (χ1n) is 11.1. The van der Waals surface area contributed by atoms with E-state index in [9.17, 15) is 4.79 Å². The number of thiocarbonyl (C=S) groups is 1. The smallest absolute Gasteiger partial charge is 0.238 e. The van der Waals surface area contributed by atoms with Crippen LogP contribution in [-0.4, -0.2) is 16.0 Å². The van der Waals surface area contributed by atoms with Gasteiger partial charge in [-0.05, 0) is 47.6 Å². The lowest BCUT2D eigenvalue weighted by Crippen LogP contribution is -2.38. The molecule has 1 heterocycles. The Bertz CT molecular complexity index is 1480. The number of rotatable bonds is 5. The maximum atomic E-state index is 13.5. The molecule has 0 fully saturated rings. The van der Waals surface area contributed by atoms with Crippen LogP contribution in [0, 0.1) is 0 Å². The summed E-state index contributed by atoms with van der Waals surface area (Å²) in [5, 5.41) is 7.67. The van der Waals surface area contributed by atoms with Crippen molar-refractivity contribution in [2.45, 2.75) is 5.92 Å². The van der Waals surface area contributed by atoms with Crippen molar-refractivity contribution in [2.24, 2.45) is 0 Å². The molecule has 0 saturated carbocycles. The zero-order valence-electron chi connectivity index (χ0n) is 18.7. The second-order valence-corrected chi connectivity index (χ2v) is 10.3. The Morgan fingerprint density at radius 1 is 0.861 bits per heavy atom. The van der Waals surface area contributed by atoms with E-state index >= 15 is 0 Å². The largest absolute Gasteiger partial charge is 0.331 e. The fourth-order valence-electron chi connectivity index (χ4n) is 3.97. The first-order valence-corrected chi connectivity index (χ1v) is 13.0. The number of thiazole rings is 1. The number of amides is 1. The third-order valence-electron chi connectivity index (χ3n) is 5.58. The number of anilines is 1. The molecule has 2 N–H and O–H groups in total. The van der Waals surface area contributed by atoms with Crippen molar-refractivity contribution in [2.75, 3.05) is 5.32 Å². The third-order valence-corrected chi connectivity index (χ3v) is 7.37. The molecule has 0 aliphatic carbocycles. The van der Waals surface area contributed by atoms with E-state index in [1.54, 1.807) is 12.1 Å². The van der Waals surface area contributed by atoms with E-state index in [1.807, 2.05) is 84.9 Å². The number of para-hydroxylation sites is 1. The van der Waals surface area contributed by atoms with Gasteiger partial charge in [-0.15, -0.1) is 11.3 Å². The van der Waals surface area contributed by atoms with Crippen LogP contribution in [0.4, 0.5) is 5.69 Å². The molecule has 0 atom stereocenters. The number of carbonyl (C=O) groups is 1. The molecule has 0 radical (unpaired) electrons. The molecule has 4 aromatic carbocycles. The van der Waals surface area contributed by atoms with Gasteiger partial charge in [0, 0.05) is 10.6 Å². The Morgan fingerprint density at radius 2 is 1.47 bits per heavy atom. The summed E-state index contributed by atoms with van der Waals surface area (Å²) >= 11 is 20.0. The Hall–Kier alpha value is -3.29. The first-order chi connectivity index (χ1) is 17.5. The summed E-state index contributed by atoms with van der Waals surface area (Å²) in [4.78, 5) is 18.2. The van der Waals surface area contributed by atoms with Crippen LogP contribution in [-0.2, 0) is 4.79 Å². The topological polar surface area (TPSA) is 54.0 Å². The van der Waals surface area contributed by atoms with Crippen molar-refractivity contribution in [1.29, 1.82) is 0 Å². The van der Waals surface area contributed by atoms with E-state index in [2.05, 4.69) is 10.6 Å². The summed E-state index contributed by atoms with van der Waals surface area (Å²) in [5.41, 5.74) is 3.84. The van der Waals surface area contributed by atoms with Crippen molar-refractivity contribution < 1.29 is 4.79 Å². The van der Waals surface area contributed by atoms with Crippen LogP contribution in [0.5, 0.6) is 0 Å². The minimum atomic E-state index is -0.531. The van der Waals surface area contributed by atoms with Gasteiger partial charge in [0.1, 0.15) is 5.01 Å². The number of halogens is 2. The summed E-state index contributed by atoms with van der Waals surface area (Å²) in [5.74, 6) is -0.784. The number of aromatic nitrogens is 1. The summed E-state index contributed by atoms with van der Waals surface area (Å²) in [6, 6.07) is 30.5. The van der Waals surface area contributed by atoms with Crippen LogP contribution in [0.3, 0.4) is 0 Å². The third kappa shape index (κ3) is 5.27. The summed E-state index contributed by atoms with van der Waals surface area (Å²) in [7, 11) is 0. The van der Waals surface area contributed by atoms with Crippen molar-refractivity contribution in [3.8, 4) is 10.6 Å². The van der Waals surface area contributed by atoms with Crippen molar-refractivity contribution >= 4 is 73.7 Å². The molecule has 4 nitrogen and oxygen atoms in total. The molecule has 1 aromatic heterocycles. The zero-order chi connectivity index (χ0) is 25.1. The average Bonchev–Trinajstić information content (AvgIpc) is 3.31. The highest BCUT2D eigenvalue weighted by Crippen LogP contribution is 2.40. The first kappa shape index (κ1) is 24.4. The highest BCUT2D eigenvalue weighted by molar-refractivity contribution is 7.80. The molecule has 0 saturated heterocycles. The van der Waals surface area contributed by atoms with E-state index in [0.29, 0.717) is 21.3 Å². The second kappa shape index (κ2) is 10.8. The summed E-state index contributed by atoms with van der Waals surface area (Å²) < 4.78 is 1.04. The van der Waals surface area contributed by atoms with Crippen LogP contribution in [0.15, 0.2) is 97.1 Å². The number of carbonyl (C=O) groups excluding carboxylic acids is 1. The van der Waals surface area contributed by atoms with Gasteiger partial charge in [-0.3, -0.25) is 4.79 Å². The monoisotopic (exact) mass is 547 g/mol. The van der Waals surface area contributed by atoms with Gasteiger partial charge in [0.2, 0.25) is 5.91 Å². The number of nitrogens with one attached hydrogen (secondary N) is 2. The average molecular weight is 549 g/mol. The van der Waals surface area contributed by atoms with Gasteiger partial charge in [0.25, 0.3) is 0 Å². The minimum absolute atomic E-state index is 0.128. The predicted molar refractivity (Wildman–Crippen MR) is 154 cm³/mol. The molecule has 0 unspecified atom stereocenters. The fraction of sp³-hybridized carbons (Fsp3) is 0.0357. The van der Waals surface area contributed by atoms with Gasteiger partial charge in [-0.2, -0.15) is 0 Å². The maximum Gasteiger partial charge on any atom is 0.238 e. The van der Waals surface area contributed by atoms with Gasteiger partial charge in [0.05, 0.1) is 26.8 Å². The molecule has 178 valence electrons. The lowest BCUT2D eigenvalue weighted by Gasteiger charge is -2.19. The van der Waals surface area contributed by atoms with Crippen LogP contribution in [0.2, 0.25) is 10.0 Å². The summed E-state index contributed by atoms with van der Waals surface area (Å²) in [6.45, 7) is 0. The number of hydrogen-bond acceptors (Lipinski definition) is 4. The predicted octanol–water partition coefficient (Wildman–Crippen LogP) is 7.92. The quantitative estimate of drug-likeness (QED) is 0.219. The highest BCUT2D eigenvalue weighted by Gasteiger charge is 2.24. The van der Waals surface area contributed by atoms with Gasteiger partial charge >= 0.3 is 0 Å². The molecule has 1 amide bonds. The van der Waals surface area contributed by atoms with Crippen LogP contribution in [0.1, 0.15) is 17.0 Å². The van der Waals surface area contributed by atoms with Crippen LogP contribution < -0.4 is 10.6 Å². The number of hydrogen-bond donors (Lipinski definition) is 2. The standard InChI is InChI=1S/C28H19Cl2N3OS2/c29-19-15-20(27-31-22-13-7-8-14-23(22)36-27)25(21(30)16-19)32-28(35)33-26(34)24(17-9-3-1-4-10-17)18-11-5-2-6-12-18/h1-16,24H,(H2,32,33,34,35). The fourth-order valence-corrected chi connectivity index (χ4v) is 5.70. The molecule has 0 spiro atoms. The molecular formula is C28H19Cl2N3OS2. The number of nitrogens with zero attached hydrogens (tertiary/aromatic N) is 1. The van der Waals surface area contributed by atoms with Gasteiger partial charge in [-0.25, -0.2) is 4.98 Å². The maximum absolute atomic E-state index is 13.5. The van der Waals surface area contributed by atoms with Crippen LogP contribution >= 0.6 is 46.8 Å². The Labute approximate surface area is 227 Å². The van der Waals surface area contributed by atoms with E-state index in [0.717, 1.165) is 26.4 Å². The van der Waals surface area contributed by atoms with E-state index in [-0.39, 0.29) is 11.0 Å². The molecule has 8 heteroatoms. The number of fused-ring (bicyclic) bond motifs is 1. The molecule has 0 aliphatic rings. The van der Waals surface area contributed by atoms with E-state index < -0.39 is 5.92 Å². The zero-order valence-corrected chi connectivity index (χ0v) is 21.9. The highest BCUT2D eigenvalue weighted by atomic mass is 35.5. The molecule has 36 heavy (non-hydrogen) atoms. The van der Waals surface area contributed by atoms with Crippen molar-refractivity contribution in [3.63, 3.8) is 0 Å². The second-order valence-electron chi connectivity index (χ2n) is 7.99. The molecule has 5 rings (SSSR count). The minimum Gasteiger partial charge on any atom is -0.331 e. The normalized spacial score (nSPS) is 11.0. The van der Waals surface area contributed by atoms with Crippen molar-refractivity contribution in [1.82, 2.24) is 10.3 Å². The van der Waals surface area contributed by atoms with E-state index in [1.165, 1.54) is 11.3 Å². The Balaban J connectivity index is 1.44. The van der Waals surface area contributed by atoms with Gasteiger partial charge < -0.3 is 10.6 Å². The van der Waals surface area contributed by atoms with Crippen LogP contribution in [0.25, 0.3) is 20.8 Å².